The van der Waals surface area contributed by atoms with Gasteiger partial charge in [-0.15, -0.1) is 10.2 Å². The van der Waals surface area contributed by atoms with Crippen LogP contribution in [0.2, 0.25) is 0 Å². The van der Waals surface area contributed by atoms with Crippen LogP contribution in [0.1, 0.15) is 48.1 Å². The summed E-state index contributed by atoms with van der Waals surface area (Å²) >= 11 is 0. The van der Waals surface area contributed by atoms with Crippen molar-refractivity contribution in [2.75, 3.05) is 20.2 Å². The van der Waals surface area contributed by atoms with Crippen molar-refractivity contribution < 1.29 is 4.74 Å². The van der Waals surface area contributed by atoms with Crippen LogP contribution in [-0.2, 0) is 24.2 Å². The molecule has 2 aliphatic heterocycles. The first-order chi connectivity index (χ1) is 13.7. The summed E-state index contributed by atoms with van der Waals surface area (Å²) in [5, 5.41) is 15.4. The number of hydrogen-bond donors (Lipinski definition) is 2. The number of nitrogens with one attached hydrogen (secondary N) is 2. The van der Waals surface area contributed by atoms with Crippen molar-refractivity contribution in [1.82, 2.24) is 25.4 Å². The fourth-order valence-corrected chi connectivity index (χ4v) is 4.13. The summed E-state index contributed by atoms with van der Waals surface area (Å²) in [6.45, 7) is 5.43. The number of hydrogen-bond acceptors (Lipinski definition) is 4. The Morgan fingerprint density at radius 3 is 2.89 bits per heavy atom. The van der Waals surface area contributed by atoms with Gasteiger partial charge in [0.05, 0.1) is 12.6 Å². The number of guanidine groups is 1. The zero-order valence-electron chi connectivity index (χ0n) is 16.8. The second-order valence-electron chi connectivity index (χ2n) is 7.70. The van der Waals surface area contributed by atoms with E-state index in [9.17, 15) is 0 Å². The first-order valence-corrected chi connectivity index (χ1v) is 10.3. The Labute approximate surface area is 166 Å². The second kappa shape index (κ2) is 8.73. The van der Waals surface area contributed by atoms with Crippen molar-refractivity contribution in [2.45, 2.75) is 51.8 Å². The largest absolute Gasteiger partial charge is 0.373 e. The normalized spacial score (nSPS) is 22.1. The molecule has 2 unspecified atom stereocenters. The van der Waals surface area contributed by atoms with Crippen LogP contribution in [0, 0.1) is 12.8 Å². The molecule has 1 fully saturated rings. The monoisotopic (exact) mass is 382 g/mol. The molecule has 2 N–H and O–H groups in total. The number of ether oxygens (including phenoxy) is 1. The highest BCUT2D eigenvalue weighted by Crippen LogP contribution is 2.33. The van der Waals surface area contributed by atoms with Gasteiger partial charge in [-0.1, -0.05) is 29.8 Å². The van der Waals surface area contributed by atoms with E-state index in [1.807, 2.05) is 0 Å². The van der Waals surface area contributed by atoms with Crippen molar-refractivity contribution in [3.63, 3.8) is 0 Å². The van der Waals surface area contributed by atoms with Crippen LogP contribution in [0.4, 0.5) is 0 Å². The average molecular weight is 383 g/mol. The molecule has 1 aromatic carbocycles. The fraction of sp³-hybridized carbons (Fsp3) is 0.571. The summed E-state index contributed by atoms with van der Waals surface area (Å²) in [4.78, 5) is 4.37. The van der Waals surface area contributed by atoms with Gasteiger partial charge in [0.1, 0.15) is 5.82 Å². The Balaban J connectivity index is 1.33. The van der Waals surface area contributed by atoms with Crippen molar-refractivity contribution in [3.8, 4) is 0 Å². The van der Waals surface area contributed by atoms with Gasteiger partial charge in [0.15, 0.2) is 11.8 Å². The second-order valence-corrected chi connectivity index (χ2v) is 7.70. The SMILES string of the molecule is CN=C(NCc1nnc2n1CCC2)NCC1CCCOC1c1ccc(C)cc1. The minimum atomic E-state index is 0.139. The molecule has 0 radical (unpaired) electrons. The third-order valence-electron chi connectivity index (χ3n) is 5.71. The fourth-order valence-electron chi connectivity index (χ4n) is 4.13. The Morgan fingerprint density at radius 2 is 2.07 bits per heavy atom. The van der Waals surface area contributed by atoms with Crippen LogP contribution in [0.3, 0.4) is 0 Å². The minimum absolute atomic E-state index is 0.139. The maximum Gasteiger partial charge on any atom is 0.191 e. The molecule has 0 amide bonds. The average Bonchev–Trinajstić information content (AvgIpc) is 3.34. The summed E-state index contributed by atoms with van der Waals surface area (Å²) < 4.78 is 8.34. The first-order valence-electron chi connectivity index (χ1n) is 10.3. The van der Waals surface area contributed by atoms with Crippen LogP contribution in [0.5, 0.6) is 0 Å². The quantitative estimate of drug-likeness (QED) is 0.613. The van der Waals surface area contributed by atoms with E-state index in [2.05, 4.69) is 61.6 Å². The topological polar surface area (TPSA) is 76.4 Å². The van der Waals surface area contributed by atoms with E-state index in [0.717, 1.165) is 63.0 Å². The zero-order valence-corrected chi connectivity index (χ0v) is 16.8. The van der Waals surface area contributed by atoms with Crippen LogP contribution >= 0.6 is 0 Å². The zero-order chi connectivity index (χ0) is 19.3. The number of aliphatic imine (C=N–C) groups is 1. The van der Waals surface area contributed by atoms with Gasteiger partial charge in [0, 0.05) is 39.1 Å². The molecular formula is C21H30N6O. The third-order valence-corrected chi connectivity index (χ3v) is 5.71. The van der Waals surface area contributed by atoms with Crippen LogP contribution < -0.4 is 10.6 Å². The third kappa shape index (κ3) is 4.19. The predicted octanol–water partition coefficient (Wildman–Crippen LogP) is 2.37. The molecule has 4 rings (SSSR count). The van der Waals surface area contributed by atoms with Crippen LogP contribution in [-0.4, -0.2) is 40.9 Å². The summed E-state index contributed by atoms with van der Waals surface area (Å²) in [6.07, 6.45) is 4.58. The molecule has 7 heteroatoms. The number of fused-ring (bicyclic) bond motifs is 1. The first kappa shape index (κ1) is 18.9. The van der Waals surface area contributed by atoms with Crippen molar-refractivity contribution in [3.05, 3.63) is 47.0 Å². The van der Waals surface area contributed by atoms with Crippen LogP contribution in [0.15, 0.2) is 29.3 Å². The molecule has 2 atom stereocenters. The number of nitrogens with zero attached hydrogens (tertiary/aromatic N) is 4. The molecule has 3 heterocycles. The highest BCUT2D eigenvalue weighted by Gasteiger charge is 2.27. The van der Waals surface area contributed by atoms with Gasteiger partial charge in [-0.2, -0.15) is 0 Å². The van der Waals surface area contributed by atoms with Crippen molar-refractivity contribution in [2.24, 2.45) is 10.9 Å². The van der Waals surface area contributed by atoms with E-state index >= 15 is 0 Å². The molecule has 1 saturated heterocycles. The Kier molecular flexibility index (Phi) is 5.90. The molecular weight excluding hydrogens is 352 g/mol. The molecule has 0 saturated carbocycles. The van der Waals surface area contributed by atoms with Crippen LogP contribution in [0.25, 0.3) is 0 Å². The lowest BCUT2D eigenvalue weighted by Crippen LogP contribution is -2.42. The smallest absolute Gasteiger partial charge is 0.191 e. The maximum atomic E-state index is 6.13. The lowest BCUT2D eigenvalue weighted by Gasteiger charge is -2.32. The number of benzene rings is 1. The molecule has 2 aromatic rings. The molecule has 1 aromatic heterocycles. The minimum Gasteiger partial charge on any atom is -0.373 e. The maximum absolute atomic E-state index is 6.13. The van der Waals surface area contributed by atoms with E-state index in [1.165, 1.54) is 11.1 Å². The number of aromatic nitrogens is 3. The van der Waals surface area contributed by atoms with E-state index in [4.69, 9.17) is 4.74 Å². The molecule has 2 aliphatic rings. The summed E-state index contributed by atoms with van der Waals surface area (Å²) in [5.41, 5.74) is 2.54. The molecule has 0 aliphatic carbocycles. The summed E-state index contributed by atoms with van der Waals surface area (Å²) in [7, 11) is 1.80. The van der Waals surface area contributed by atoms with Gasteiger partial charge in [-0.3, -0.25) is 4.99 Å². The molecule has 28 heavy (non-hydrogen) atoms. The number of aryl methyl sites for hydroxylation is 2. The van der Waals surface area contributed by atoms with E-state index in [-0.39, 0.29) is 6.10 Å². The lowest BCUT2D eigenvalue weighted by molar-refractivity contribution is -0.0265. The van der Waals surface area contributed by atoms with Gasteiger partial charge in [-0.25, -0.2) is 0 Å². The lowest BCUT2D eigenvalue weighted by atomic mass is 9.89. The Bertz CT molecular complexity index is 813. The van der Waals surface area contributed by atoms with Gasteiger partial charge in [0.2, 0.25) is 0 Å². The summed E-state index contributed by atoms with van der Waals surface area (Å²) in [6, 6.07) is 8.71. The van der Waals surface area contributed by atoms with Gasteiger partial charge < -0.3 is 19.9 Å². The predicted molar refractivity (Wildman–Crippen MR) is 109 cm³/mol. The Hall–Kier alpha value is -2.41. The molecule has 0 spiro atoms. The van der Waals surface area contributed by atoms with Gasteiger partial charge >= 0.3 is 0 Å². The van der Waals surface area contributed by atoms with Gasteiger partial charge in [0.25, 0.3) is 0 Å². The van der Waals surface area contributed by atoms with E-state index in [0.29, 0.717) is 12.5 Å². The molecule has 0 bridgehead atoms. The van der Waals surface area contributed by atoms with Crippen molar-refractivity contribution in [1.29, 1.82) is 0 Å². The van der Waals surface area contributed by atoms with Crippen molar-refractivity contribution >= 4 is 5.96 Å². The molecule has 7 nitrogen and oxygen atoms in total. The highest BCUT2D eigenvalue weighted by molar-refractivity contribution is 5.79. The number of rotatable bonds is 5. The summed E-state index contributed by atoms with van der Waals surface area (Å²) in [5.74, 6) is 3.30. The highest BCUT2D eigenvalue weighted by atomic mass is 16.5. The van der Waals surface area contributed by atoms with Gasteiger partial charge in [-0.05, 0) is 31.7 Å². The van der Waals surface area contributed by atoms with E-state index < -0.39 is 0 Å². The molecule has 150 valence electrons. The Morgan fingerprint density at radius 1 is 1.21 bits per heavy atom. The standard InChI is InChI=1S/C21H30N6O/c1-15-7-9-16(10-8-15)20-17(5-4-12-28-20)13-23-21(22-2)24-14-19-26-25-18-6-3-11-27(18)19/h7-10,17,20H,3-6,11-14H2,1-2H3,(H2,22,23,24). The van der Waals surface area contributed by atoms with E-state index in [1.54, 1.807) is 7.05 Å².